The lowest BCUT2D eigenvalue weighted by Crippen LogP contribution is -2.28. The Morgan fingerprint density at radius 3 is 2.33 bits per heavy atom. The standard InChI is InChI=1S/C14H19NO2.2C2H6/c1-10(2)15(4)11(3)7-12-5-6-13-14(8-12)17-9-16-13;2*1-2/h5-6,8,11H,1,7,9H2,2-4H3;2*1-2H3. The maximum atomic E-state index is 5.38. The summed E-state index contributed by atoms with van der Waals surface area (Å²) in [5.41, 5.74) is 2.34. The molecule has 0 radical (unpaired) electrons. The molecule has 1 aromatic carbocycles. The maximum Gasteiger partial charge on any atom is 0.231 e. The van der Waals surface area contributed by atoms with E-state index in [0.717, 1.165) is 23.6 Å². The zero-order valence-electron chi connectivity index (χ0n) is 14.7. The zero-order chi connectivity index (χ0) is 16.4. The minimum atomic E-state index is 0.333. The predicted molar refractivity (Wildman–Crippen MR) is 91.0 cm³/mol. The van der Waals surface area contributed by atoms with Gasteiger partial charge in [0.1, 0.15) is 0 Å². The van der Waals surface area contributed by atoms with Gasteiger partial charge < -0.3 is 14.4 Å². The number of likely N-dealkylation sites (N-methyl/N-ethyl adjacent to an activating group) is 1. The highest BCUT2D eigenvalue weighted by Crippen LogP contribution is 2.33. The minimum Gasteiger partial charge on any atom is -0.454 e. The van der Waals surface area contributed by atoms with Gasteiger partial charge in [0.05, 0.1) is 0 Å². The molecular weight excluding hydrogens is 262 g/mol. The molecule has 1 atom stereocenters. The quantitative estimate of drug-likeness (QED) is 0.791. The van der Waals surface area contributed by atoms with Crippen LogP contribution in [0, 0.1) is 0 Å². The molecule has 0 N–H and O–H groups in total. The number of hydrogen-bond acceptors (Lipinski definition) is 3. The van der Waals surface area contributed by atoms with Gasteiger partial charge >= 0.3 is 0 Å². The summed E-state index contributed by atoms with van der Waals surface area (Å²) in [5, 5.41) is 0. The van der Waals surface area contributed by atoms with E-state index in [0.29, 0.717) is 12.8 Å². The third-order valence-electron chi connectivity index (χ3n) is 3.23. The molecule has 120 valence electrons. The molecule has 3 nitrogen and oxygen atoms in total. The van der Waals surface area contributed by atoms with Gasteiger partial charge in [-0.2, -0.15) is 0 Å². The van der Waals surface area contributed by atoms with Crippen LogP contribution >= 0.6 is 0 Å². The Morgan fingerprint density at radius 1 is 1.19 bits per heavy atom. The Balaban J connectivity index is 0.000000921. The molecule has 0 fully saturated rings. The van der Waals surface area contributed by atoms with Crippen LogP contribution in [0.3, 0.4) is 0 Å². The molecule has 2 rings (SSSR count). The lowest BCUT2D eigenvalue weighted by atomic mass is 10.1. The number of hydrogen-bond donors (Lipinski definition) is 0. The van der Waals surface area contributed by atoms with Gasteiger partial charge in [-0.3, -0.25) is 0 Å². The first-order valence-corrected chi connectivity index (χ1v) is 7.85. The van der Waals surface area contributed by atoms with Crippen molar-refractivity contribution in [2.45, 2.75) is 54.0 Å². The molecule has 21 heavy (non-hydrogen) atoms. The van der Waals surface area contributed by atoms with Crippen molar-refractivity contribution >= 4 is 0 Å². The Hall–Kier alpha value is -1.64. The van der Waals surface area contributed by atoms with Crippen LogP contribution in [0.1, 0.15) is 47.1 Å². The van der Waals surface area contributed by atoms with Gasteiger partial charge in [-0.25, -0.2) is 0 Å². The van der Waals surface area contributed by atoms with Gasteiger partial charge in [0.2, 0.25) is 6.79 Å². The first-order valence-electron chi connectivity index (χ1n) is 7.85. The first-order chi connectivity index (χ1) is 10.1. The van der Waals surface area contributed by atoms with Crippen LogP contribution in [0.5, 0.6) is 11.5 Å². The Kier molecular flexibility index (Phi) is 9.35. The van der Waals surface area contributed by atoms with E-state index >= 15 is 0 Å². The zero-order valence-corrected chi connectivity index (χ0v) is 14.7. The molecule has 0 saturated heterocycles. The van der Waals surface area contributed by atoms with Crippen LogP contribution in [0.15, 0.2) is 30.5 Å². The van der Waals surface area contributed by atoms with Crippen molar-refractivity contribution in [3.63, 3.8) is 0 Å². The summed E-state index contributed by atoms with van der Waals surface area (Å²) in [5.74, 6) is 1.70. The van der Waals surface area contributed by atoms with E-state index in [4.69, 9.17) is 9.47 Å². The monoisotopic (exact) mass is 293 g/mol. The normalized spacial score (nSPS) is 12.3. The van der Waals surface area contributed by atoms with Gasteiger partial charge in [0, 0.05) is 18.8 Å². The second-order valence-corrected chi connectivity index (χ2v) is 4.59. The number of allylic oxidation sites excluding steroid dienone is 1. The van der Waals surface area contributed by atoms with Gasteiger partial charge in [-0.1, -0.05) is 40.3 Å². The van der Waals surface area contributed by atoms with E-state index in [1.54, 1.807) is 0 Å². The van der Waals surface area contributed by atoms with Crippen LogP contribution in [0.2, 0.25) is 0 Å². The van der Waals surface area contributed by atoms with E-state index in [2.05, 4.69) is 37.6 Å². The third kappa shape index (κ3) is 5.70. The molecule has 0 saturated carbocycles. The minimum absolute atomic E-state index is 0.333. The average molecular weight is 293 g/mol. The number of nitrogens with zero attached hydrogens (tertiary/aromatic N) is 1. The predicted octanol–water partition coefficient (Wildman–Crippen LogP) is 4.86. The SMILES string of the molecule is C=C(C)N(C)C(C)Cc1ccc2c(c1)OCO2.CC.CC. The fraction of sp³-hybridized carbons (Fsp3) is 0.556. The maximum absolute atomic E-state index is 5.38. The molecule has 1 aliphatic heterocycles. The lowest BCUT2D eigenvalue weighted by Gasteiger charge is -2.27. The summed E-state index contributed by atoms with van der Waals surface area (Å²) in [4.78, 5) is 2.19. The number of rotatable bonds is 4. The van der Waals surface area contributed by atoms with Crippen molar-refractivity contribution in [1.82, 2.24) is 4.90 Å². The summed E-state index contributed by atoms with van der Waals surface area (Å²) in [6.45, 7) is 16.5. The smallest absolute Gasteiger partial charge is 0.231 e. The molecule has 0 aromatic heterocycles. The molecule has 3 heteroatoms. The van der Waals surface area contributed by atoms with Gasteiger partial charge in [-0.05, 0) is 38.0 Å². The molecule has 0 bridgehead atoms. The molecule has 0 amide bonds. The molecule has 1 aliphatic rings. The third-order valence-corrected chi connectivity index (χ3v) is 3.23. The highest BCUT2D eigenvalue weighted by atomic mass is 16.7. The van der Waals surface area contributed by atoms with Crippen molar-refractivity contribution in [2.24, 2.45) is 0 Å². The molecule has 1 heterocycles. The fourth-order valence-electron chi connectivity index (χ4n) is 1.92. The Bertz CT molecular complexity index is 429. The lowest BCUT2D eigenvalue weighted by molar-refractivity contribution is 0.174. The first kappa shape index (κ1) is 19.4. The van der Waals surface area contributed by atoms with E-state index < -0.39 is 0 Å². The van der Waals surface area contributed by atoms with Crippen molar-refractivity contribution in [2.75, 3.05) is 13.8 Å². The number of ether oxygens (including phenoxy) is 2. The Morgan fingerprint density at radius 2 is 1.76 bits per heavy atom. The van der Waals surface area contributed by atoms with Crippen LogP contribution in [0.4, 0.5) is 0 Å². The van der Waals surface area contributed by atoms with Crippen LogP contribution < -0.4 is 9.47 Å². The van der Waals surface area contributed by atoms with Crippen molar-refractivity contribution in [1.29, 1.82) is 0 Å². The van der Waals surface area contributed by atoms with Gasteiger partial charge in [0.25, 0.3) is 0 Å². The molecular formula is C18H31NO2. The summed E-state index contributed by atoms with van der Waals surface area (Å²) in [6, 6.07) is 6.56. The highest BCUT2D eigenvalue weighted by Gasteiger charge is 2.15. The van der Waals surface area contributed by atoms with Gasteiger partial charge in [0.15, 0.2) is 11.5 Å². The van der Waals surface area contributed by atoms with Crippen molar-refractivity contribution in [3.05, 3.63) is 36.0 Å². The van der Waals surface area contributed by atoms with Crippen molar-refractivity contribution in [3.8, 4) is 11.5 Å². The molecule has 1 unspecified atom stereocenters. The van der Waals surface area contributed by atoms with Crippen LogP contribution in [-0.2, 0) is 6.42 Å². The largest absolute Gasteiger partial charge is 0.454 e. The van der Waals surface area contributed by atoms with E-state index in [1.165, 1.54) is 5.56 Å². The fourth-order valence-corrected chi connectivity index (χ4v) is 1.92. The second kappa shape index (κ2) is 10.1. The van der Waals surface area contributed by atoms with Crippen LogP contribution in [0.25, 0.3) is 0 Å². The molecule has 0 spiro atoms. The second-order valence-electron chi connectivity index (χ2n) is 4.59. The summed E-state index contributed by atoms with van der Waals surface area (Å²) in [6.07, 6.45) is 0.972. The summed E-state index contributed by atoms with van der Waals surface area (Å²) < 4.78 is 10.7. The van der Waals surface area contributed by atoms with Crippen LogP contribution in [-0.4, -0.2) is 24.8 Å². The topological polar surface area (TPSA) is 21.7 Å². The number of fused-ring (bicyclic) bond motifs is 1. The van der Waals surface area contributed by atoms with Gasteiger partial charge in [-0.15, -0.1) is 0 Å². The highest BCUT2D eigenvalue weighted by molar-refractivity contribution is 5.44. The average Bonchev–Trinajstić information content (AvgIpc) is 2.98. The van der Waals surface area contributed by atoms with E-state index in [1.807, 2.05) is 40.7 Å². The summed E-state index contributed by atoms with van der Waals surface area (Å²) >= 11 is 0. The Labute approximate surface area is 130 Å². The van der Waals surface area contributed by atoms with E-state index in [-0.39, 0.29) is 0 Å². The van der Waals surface area contributed by atoms with E-state index in [9.17, 15) is 0 Å². The summed E-state index contributed by atoms with van der Waals surface area (Å²) in [7, 11) is 2.07. The van der Waals surface area contributed by atoms with Crippen molar-refractivity contribution < 1.29 is 9.47 Å². The molecule has 1 aromatic rings. The number of benzene rings is 1. The molecule has 0 aliphatic carbocycles.